The molecular weight excluding hydrogens is 503 g/mol. The zero-order valence-corrected chi connectivity index (χ0v) is 22.0. The fraction of sp³-hybridized carbons (Fsp3) is 0.200. The number of hydrogen-bond donors (Lipinski definition) is 4. The van der Waals surface area contributed by atoms with Gasteiger partial charge in [-0.3, -0.25) is 19.6 Å². The number of carbonyl (C=O) groups is 3. The molecule has 0 spiro atoms. The van der Waals surface area contributed by atoms with Crippen LogP contribution >= 0.6 is 23.5 Å². The summed E-state index contributed by atoms with van der Waals surface area (Å²) >= 11 is 2.32. The fourth-order valence-corrected chi connectivity index (χ4v) is 6.11. The van der Waals surface area contributed by atoms with Gasteiger partial charge in [0.1, 0.15) is 17.2 Å². The Bertz CT molecular complexity index is 1360. The van der Waals surface area contributed by atoms with E-state index in [1.165, 1.54) is 18.0 Å². The maximum Gasteiger partial charge on any atom is 1.00 e. The number of aliphatic carboxylic acids is 1. The zero-order valence-electron chi connectivity index (χ0n) is 18.3. The molecule has 2 amide bonds. The maximum absolute atomic E-state index is 12.8. The number of nitrogen functional groups attached to an aromatic ring is 2. The van der Waals surface area contributed by atoms with Crippen molar-refractivity contribution in [2.45, 2.75) is 23.0 Å². The number of aromatic amines is 1. The van der Waals surface area contributed by atoms with Crippen LogP contribution in [0.4, 0.5) is 11.5 Å². The number of hydrogen-bond acceptors (Lipinski definition) is 11. The standard InChI is InChI=1S/C20H18N8O4S2.Na/c21-9-3-1-8(2-4-9)5-12(29)24-13-17(30)28-14(19(31)32)11(7-33-18(13)28)34-20-25-15(22)10-6-23-27-16(10)26-20;/h1-4,6,13,18H,5,7,21H2,(H,24,29)(H,31,32)(H3,22,23,25,26,27);/q;+1/p-1/t13?,18-;/m1./s1. The predicted octanol–water partition coefficient (Wildman–Crippen LogP) is -3.78. The molecule has 0 saturated carbocycles. The number of anilines is 2. The molecule has 1 unspecified atom stereocenters. The summed E-state index contributed by atoms with van der Waals surface area (Å²) in [5.74, 6) is -1.91. The van der Waals surface area contributed by atoms with Gasteiger partial charge < -0.3 is 26.7 Å². The normalized spacial score (nSPS) is 19.1. The number of benzene rings is 1. The summed E-state index contributed by atoms with van der Waals surface area (Å²) in [5.41, 5.74) is 13.1. The van der Waals surface area contributed by atoms with E-state index in [-0.39, 0.29) is 64.3 Å². The van der Waals surface area contributed by atoms with Gasteiger partial charge in [0.25, 0.3) is 5.91 Å². The number of H-pyrrole nitrogens is 1. The number of nitrogens with one attached hydrogen (secondary N) is 2. The van der Waals surface area contributed by atoms with Crippen LogP contribution in [0.3, 0.4) is 0 Å². The Balaban J connectivity index is 0.00000289. The largest absolute Gasteiger partial charge is 1.00 e. The molecule has 35 heavy (non-hydrogen) atoms. The summed E-state index contributed by atoms with van der Waals surface area (Å²) in [6, 6.07) is 6.01. The van der Waals surface area contributed by atoms with Gasteiger partial charge in [-0.2, -0.15) is 5.10 Å². The predicted molar refractivity (Wildman–Crippen MR) is 124 cm³/mol. The van der Waals surface area contributed by atoms with Crippen molar-refractivity contribution < 1.29 is 49.0 Å². The van der Waals surface area contributed by atoms with E-state index in [1.807, 2.05) is 0 Å². The minimum absolute atomic E-state index is 0. The number of nitrogens with two attached hydrogens (primary N) is 2. The molecule has 1 aromatic carbocycles. The molecule has 6 N–H and O–H groups in total. The van der Waals surface area contributed by atoms with E-state index in [0.29, 0.717) is 21.6 Å². The molecular formula is C20H17N8NaO4S2. The van der Waals surface area contributed by atoms with Crippen molar-refractivity contribution in [2.75, 3.05) is 17.2 Å². The minimum atomic E-state index is -1.50. The quantitative estimate of drug-likeness (QED) is 0.108. The number of rotatable bonds is 6. The van der Waals surface area contributed by atoms with E-state index in [2.05, 4.69) is 25.5 Å². The maximum atomic E-state index is 12.8. The van der Waals surface area contributed by atoms with Gasteiger partial charge >= 0.3 is 29.6 Å². The average molecular weight is 521 g/mol. The molecule has 15 heteroatoms. The van der Waals surface area contributed by atoms with Gasteiger partial charge in [0.15, 0.2) is 10.8 Å². The van der Waals surface area contributed by atoms with E-state index in [4.69, 9.17) is 11.5 Å². The first-order chi connectivity index (χ1) is 16.3. The van der Waals surface area contributed by atoms with Crippen molar-refractivity contribution in [3.8, 4) is 0 Å². The first-order valence-corrected chi connectivity index (χ1v) is 11.9. The molecule has 2 aliphatic rings. The van der Waals surface area contributed by atoms with Crippen LogP contribution in [0.5, 0.6) is 0 Å². The van der Waals surface area contributed by atoms with Gasteiger partial charge in [0, 0.05) is 16.3 Å². The molecule has 12 nitrogen and oxygen atoms in total. The zero-order chi connectivity index (χ0) is 24.0. The topological polar surface area (TPSA) is 196 Å². The smallest absolute Gasteiger partial charge is 0.543 e. The summed E-state index contributed by atoms with van der Waals surface area (Å²) in [7, 11) is 0. The Morgan fingerprint density at radius 1 is 1.26 bits per heavy atom. The number of β-lactam (4-membered cyclic amide) rings is 1. The minimum Gasteiger partial charge on any atom is -0.543 e. The summed E-state index contributed by atoms with van der Waals surface area (Å²) in [6.45, 7) is 0. The molecule has 1 fully saturated rings. The van der Waals surface area contributed by atoms with E-state index in [9.17, 15) is 19.5 Å². The third-order valence-electron chi connectivity index (χ3n) is 5.32. The molecule has 4 heterocycles. The van der Waals surface area contributed by atoms with E-state index >= 15 is 0 Å². The van der Waals surface area contributed by atoms with Gasteiger partial charge in [-0.25, -0.2) is 9.97 Å². The number of nitrogens with zero attached hydrogens (tertiary/aromatic N) is 4. The van der Waals surface area contributed by atoms with Crippen LogP contribution < -0.4 is 51.4 Å². The van der Waals surface area contributed by atoms with Gasteiger partial charge in [0.05, 0.1) is 29.7 Å². The molecule has 0 aliphatic carbocycles. The number of aromatic nitrogens is 4. The third-order valence-corrected chi connectivity index (χ3v) is 7.73. The van der Waals surface area contributed by atoms with E-state index < -0.39 is 23.3 Å². The van der Waals surface area contributed by atoms with Crippen LogP contribution in [-0.4, -0.2) is 60.0 Å². The Labute approximate surface area is 229 Å². The van der Waals surface area contributed by atoms with Crippen molar-refractivity contribution in [1.82, 2.24) is 30.4 Å². The molecule has 0 bridgehead atoms. The van der Waals surface area contributed by atoms with Crippen LogP contribution in [0.15, 0.2) is 46.2 Å². The second-order valence-corrected chi connectivity index (χ2v) is 9.73. The number of fused-ring (bicyclic) bond motifs is 2. The first kappa shape index (κ1) is 25.3. The molecule has 2 aromatic heterocycles. The van der Waals surface area contributed by atoms with Crippen LogP contribution in [0, 0.1) is 0 Å². The van der Waals surface area contributed by atoms with E-state index in [1.54, 1.807) is 24.3 Å². The van der Waals surface area contributed by atoms with Crippen molar-refractivity contribution in [3.05, 3.63) is 46.6 Å². The Morgan fingerprint density at radius 2 is 2.00 bits per heavy atom. The number of carboxylic acids is 1. The summed E-state index contributed by atoms with van der Waals surface area (Å²) < 4.78 is 0. The first-order valence-electron chi connectivity index (χ1n) is 9.99. The molecule has 3 aromatic rings. The van der Waals surface area contributed by atoms with Crippen molar-refractivity contribution in [1.29, 1.82) is 0 Å². The Morgan fingerprint density at radius 3 is 2.71 bits per heavy atom. The number of amides is 2. The fourth-order valence-electron chi connectivity index (χ4n) is 3.70. The average Bonchev–Trinajstić information content (AvgIpc) is 3.28. The number of carbonyl (C=O) groups excluding carboxylic acids is 3. The second kappa shape index (κ2) is 10.1. The molecule has 174 valence electrons. The second-order valence-electron chi connectivity index (χ2n) is 7.56. The third kappa shape index (κ3) is 4.84. The van der Waals surface area contributed by atoms with Gasteiger partial charge in [0.2, 0.25) is 5.91 Å². The summed E-state index contributed by atoms with van der Waals surface area (Å²) in [6.07, 6.45) is 1.56. The van der Waals surface area contributed by atoms with Crippen LogP contribution in [0.25, 0.3) is 11.0 Å². The van der Waals surface area contributed by atoms with Crippen molar-refractivity contribution in [3.63, 3.8) is 0 Å². The monoisotopic (exact) mass is 520 g/mol. The van der Waals surface area contributed by atoms with Gasteiger partial charge in [-0.05, 0) is 17.7 Å². The van der Waals surface area contributed by atoms with Crippen molar-refractivity contribution >= 4 is 63.8 Å². The molecule has 5 rings (SSSR count). The molecule has 2 aliphatic heterocycles. The SMILES string of the molecule is Nc1ccc(CC(=O)NC2C(=O)N3C(C(=O)[O-])=C(Sc4nc(N)c5cn[nH]c5n4)CS[C@H]23)cc1.[Na+]. The number of carboxylic acid groups (broad SMARTS) is 1. The van der Waals surface area contributed by atoms with Crippen LogP contribution in [0.1, 0.15) is 5.56 Å². The molecule has 0 radical (unpaired) electrons. The van der Waals surface area contributed by atoms with E-state index in [0.717, 1.165) is 22.2 Å². The summed E-state index contributed by atoms with van der Waals surface area (Å²) in [4.78, 5) is 47.2. The molecule has 1 saturated heterocycles. The summed E-state index contributed by atoms with van der Waals surface area (Å²) in [5, 5.41) is 21.4. The number of thioether (sulfide) groups is 2. The van der Waals surface area contributed by atoms with Crippen molar-refractivity contribution in [2.24, 2.45) is 0 Å². The van der Waals surface area contributed by atoms with Crippen LogP contribution in [0.2, 0.25) is 0 Å². The Hall–Kier alpha value is -2.78. The molecule has 2 atom stereocenters. The van der Waals surface area contributed by atoms with Gasteiger partial charge in [-0.15, -0.1) is 11.8 Å². The Kier molecular flexibility index (Phi) is 7.28. The van der Waals surface area contributed by atoms with Crippen LogP contribution in [-0.2, 0) is 20.8 Å². The van der Waals surface area contributed by atoms with Gasteiger partial charge in [-0.1, -0.05) is 23.9 Å².